The van der Waals surface area contributed by atoms with E-state index in [-0.39, 0.29) is 6.42 Å². The molecule has 0 aliphatic rings. The Morgan fingerprint density at radius 3 is 2.60 bits per heavy atom. The van der Waals surface area contributed by atoms with Crippen LogP contribution in [-0.4, -0.2) is 17.1 Å². The molecule has 0 aliphatic heterocycles. The largest absolute Gasteiger partial charge is 0.481 e. The molecule has 0 radical (unpaired) electrons. The van der Waals surface area contributed by atoms with Gasteiger partial charge in [0.1, 0.15) is 0 Å². The molecule has 0 aliphatic carbocycles. The van der Waals surface area contributed by atoms with Crippen molar-refractivity contribution in [3.63, 3.8) is 0 Å². The molecule has 0 spiro atoms. The van der Waals surface area contributed by atoms with Crippen LogP contribution in [0.15, 0.2) is 18.2 Å². The summed E-state index contributed by atoms with van der Waals surface area (Å²) in [7, 11) is 0. The van der Waals surface area contributed by atoms with Gasteiger partial charge in [-0.05, 0) is 24.1 Å². The second kappa shape index (κ2) is 5.35. The van der Waals surface area contributed by atoms with Crippen LogP contribution in [0.1, 0.15) is 12.0 Å². The Morgan fingerprint density at radius 2 is 2.07 bits per heavy atom. The van der Waals surface area contributed by atoms with Gasteiger partial charge in [-0.15, -0.1) is 0 Å². The fraction of sp³-hybridized carbons (Fsp3) is 0.300. The summed E-state index contributed by atoms with van der Waals surface area (Å²) < 4.78 is 0. The van der Waals surface area contributed by atoms with Gasteiger partial charge in [0, 0.05) is 6.04 Å². The van der Waals surface area contributed by atoms with E-state index in [1.165, 1.54) is 0 Å². The Morgan fingerprint density at radius 1 is 1.40 bits per heavy atom. The third-order valence-corrected chi connectivity index (χ3v) is 2.66. The van der Waals surface area contributed by atoms with Gasteiger partial charge < -0.3 is 10.8 Å². The van der Waals surface area contributed by atoms with Crippen molar-refractivity contribution in [2.75, 3.05) is 0 Å². The predicted octanol–water partition coefficient (Wildman–Crippen LogP) is 2.34. The number of carboxylic acid groups (broad SMARTS) is 1. The highest BCUT2D eigenvalue weighted by Crippen LogP contribution is 2.23. The van der Waals surface area contributed by atoms with E-state index in [1.54, 1.807) is 18.2 Å². The Bertz CT molecular complexity index is 368. The minimum absolute atomic E-state index is 0.0553. The third kappa shape index (κ3) is 4.08. The van der Waals surface area contributed by atoms with Crippen LogP contribution in [0.2, 0.25) is 10.0 Å². The summed E-state index contributed by atoms with van der Waals surface area (Å²) in [6, 6.07) is 4.76. The molecule has 82 valence electrons. The summed E-state index contributed by atoms with van der Waals surface area (Å²) in [5.41, 5.74) is 6.53. The molecule has 3 N–H and O–H groups in total. The van der Waals surface area contributed by atoms with Crippen LogP contribution in [0.25, 0.3) is 0 Å². The molecule has 1 atom stereocenters. The molecule has 15 heavy (non-hydrogen) atoms. The standard InChI is InChI=1S/C10H11Cl2NO2/c11-8-2-1-6(4-9(8)12)3-7(13)5-10(14)15/h1-2,4,7H,3,5,13H2,(H,14,15). The van der Waals surface area contributed by atoms with Gasteiger partial charge in [-0.25, -0.2) is 0 Å². The Kier molecular flexibility index (Phi) is 4.39. The molecule has 0 fully saturated rings. The lowest BCUT2D eigenvalue weighted by molar-refractivity contribution is -0.137. The molecule has 3 nitrogen and oxygen atoms in total. The molecule has 1 unspecified atom stereocenters. The number of hydrogen-bond donors (Lipinski definition) is 2. The average Bonchev–Trinajstić information content (AvgIpc) is 2.10. The van der Waals surface area contributed by atoms with E-state index in [2.05, 4.69) is 0 Å². The smallest absolute Gasteiger partial charge is 0.304 e. The zero-order valence-corrected chi connectivity index (χ0v) is 9.42. The van der Waals surface area contributed by atoms with E-state index in [0.29, 0.717) is 16.5 Å². The highest BCUT2D eigenvalue weighted by atomic mass is 35.5. The molecule has 0 saturated heterocycles. The molecular formula is C10H11Cl2NO2. The van der Waals surface area contributed by atoms with Gasteiger partial charge in [0.2, 0.25) is 0 Å². The van der Waals surface area contributed by atoms with E-state index in [1.807, 2.05) is 0 Å². The Labute approximate surface area is 97.8 Å². The maximum Gasteiger partial charge on any atom is 0.304 e. The van der Waals surface area contributed by atoms with Crippen molar-refractivity contribution >= 4 is 29.2 Å². The van der Waals surface area contributed by atoms with Crippen LogP contribution in [0, 0.1) is 0 Å². The van der Waals surface area contributed by atoms with Crippen LogP contribution in [-0.2, 0) is 11.2 Å². The summed E-state index contributed by atoms with van der Waals surface area (Å²) in [5, 5.41) is 9.47. The number of carboxylic acids is 1. The van der Waals surface area contributed by atoms with E-state index < -0.39 is 12.0 Å². The quantitative estimate of drug-likeness (QED) is 0.859. The van der Waals surface area contributed by atoms with Crippen LogP contribution in [0.5, 0.6) is 0 Å². The first-order chi connectivity index (χ1) is 6.99. The summed E-state index contributed by atoms with van der Waals surface area (Å²) >= 11 is 11.6. The monoisotopic (exact) mass is 247 g/mol. The Balaban J connectivity index is 2.64. The zero-order chi connectivity index (χ0) is 11.4. The van der Waals surface area contributed by atoms with Crippen molar-refractivity contribution in [3.05, 3.63) is 33.8 Å². The summed E-state index contributed by atoms with van der Waals surface area (Å²) in [6.07, 6.45) is 0.420. The minimum Gasteiger partial charge on any atom is -0.481 e. The lowest BCUT2D eigenvalue weighted by Crippen LogP contribution is -2.26. The normalized spacial score (nSPS) is 12.5. The molecule has 1 aromatic carbocycles. The highest BCUT2D eigenvalue weighted by molar-refractivity contribution is 6.42. The number of halogens is 2. The van der Waals surface area contributed by atoms with Crippen LogP contribution < -0.4 is 5.73 Å². The molecule has 0 aromatic heterocycles. The van der Waals surface area contributed by atoms with Gasteiger partial charge in [0.05, 0.1) is 16.5 Å². The first kappa shape index (κ1) is 12.3. The number of carbonyl (C=O) groups is 1. The minimum atomic E-state index is -0.900. The topological polar surface area (TPSA) is 63.3 Å². The zero-order valence-electron chi connectivity index (χ0n) is 7.91. The maximum atomic E-state index is 10.4. The summed E-state index contributed by atoms with van der Waals surface area (Å²) in [6.45, 7) is 0. The van der Waals surface area contributed by atoms with E-state index in [4.69, 9.17) is 34.0 Å². The number of nitrogens with two attached hydrogens (primary N) is 1. The molecule has 5 heteroatoms. The van der Waals surface area contributed by atoms with Crippen molar-refractivity contribution in [1.29, 1.82) is 0 Å². The van der Waals surface area contributed by atoms with E-state index >= 15 is 0 Å². The van der Waals surface area contributed by atoms with Gasteiger partial charge >= 0.3 is 5.97 Å². The van der Waals surface area contributed by atoms with Crippen LogP contribution >= 0.6 is 23.2 Å². The van der Waals surface area contributed by atoms with Crippen LogP contribution in [0.4, 0.5) is 0 Å². The van der Waals surface area contributed by atoms with Crippen molar-refractivity contribution in [2.24, 2.45) is 5.73 Å². The number of hydrogen-bond acceptors (Lipinski definition) is 2. The molecule has 0 bridgehead atoms. The average molecular weight is 248 g/mol. The lowest BCUT2D eigenvalue weighted by atomic mass is 10.0. The van der Waals surface area contributed by atoms with Gasteiger partial charge in [0.25, 0.3) is 0 Å². The molecule has 0 saturated carbocycles. The van der Waals surface area contributed by atoms with Crippen molar-refractivity contribution in [3.8, 4) is 0 Å². The van der Waals surface area contributed by atoms with Crippen molar-refractivity contribution in [2.45, 2.75) is 18.9 Å². The van der Waals surface area contributed by atoms with Crippen molar-refractivity contribution < 1.29 is 9.90 Å². The fourth-order valence-corrected chi connectivity index (χ4v) is 1.59. The lowest BCUT2D eigenvalue weighted by Gasteiger charge is -2.09. The molecule has 1 rings (SSSR count). The summed E-state index contributed by atoms with van der Waals surface area (Å²) in [4.78, 5) is 10.4. The van der Waals surface area contributed by atoms with Gasteiger partial charge in [-0.1, -0.05) is 29.3 Å². The van der Waals surface area contributed by atoms with Gasteiger partial charge in [-0.2, -0.15) is 0 Å². The molecule has 0 heterocycles. The molecular weight excluding hydrogens is 237 g/mol. The van der Waals surface area contributed by atoms with Crippen molar-refractivity contribution in [1.82, 2.24) is 0 Å². The van der Waals surface area contributed by atoms with E-state index in [9.17, 15) is 4.79 Å². The fourth-order valence-electron chi connectivity index (χ4n) is 1.27. The highest BCUT2D eigenvalue weighted by Gasteiger charge is 2.09. The summed E-state index contributed by atoms with van der Waals surface area (Å²) in [5.74, 6) is -0.900. The van der Waals surface area contributed by atoms with Gasteiger partial charge in [0.15, 0.2) is 0 Å². The van der Waals surface area contributed by atoms with Crippen LogP contribution in [0.3, 0.4) is 0 Å². The SMILES string of the molecule is NC(CC(=O)O)Cc1ccc(Cl)c(Cl)c1. The molecule has 0 amide bonds. The second-order valence-electron chi connectivity index (χ2n) is 3.31. The first-order valence-electron chi connectivity index (χ1n) is 4.40. The Hall–Kier alpha value is -0.770. The second-order valence-corrected chi connectivity index (χ2v) is 4.12. The number of rotatable bonds is 4. The first-order valence-corrected chi connectivity index (χ1v) is 5.16. The van der Waals surface area contributed by atoms with Gasteiger partial charge in [-0.3, -0.25) is 4.79 Å². The number of benzene rings is 1. The predicted molar refractivity (Wildman–Crippen MR) is 60.4 cm³/mol. The third-order valence-electron chi connectivity index (χ3n) is 1.92. The van der Waals surface area contributed by atoms with E-state index in [0.717, 1.165) is 5.56 Å². The molecule has 1 aromatic rings. The number of aliphatic carboxylic acids is 1. The maximum absolute atomic E-state index is 10.4.